The average molecular weight is 366 g/mol. The number of carbonyl (C=O) groups is 1. The predicted molar refractivity (Wildman–Crippen MR) is 98.3 cm³/mol. The zero-order chi connectivity index (χ0) is 18.8. The van der Waals surface area contributed by atoms with Gasteiger partial charge in [0, 0.05) is 24.5 Å². The highest BCUT2D eigenvalue weighted by Crippen LogP contribution is 2.26. The van der Waals surface area contributed by atoms with Gasteiger partial charge >= 0.3 is 0 Å². The summed E-state index contributed by atoms with van der Waals surface area (Å²) < 4.78 is 12.6. The molecule has 1 fully saturated rings. The normalized spacial score (nSPS) is 17.3. The van der Waals surface area contributed by atoms with Gasteiger partial charge in [0.15, 0.2) is 5.82 Å². The molecular formula is C20H22N4O3. The van der Waals surface area contributed by atoms with Crippen LogP contribution in [0.3, 0.4) is 0 Å². The molecule has 27 heavy (non-hydrogen) atoms. The number of ether oxygens (including phenoxy) is 1. The molecule has 0 bridgehead atoms. The number of aromatic nitrogens is 3. The van der Waals surface area contributed by atoms with Crippen molar-refractivity contribution < 1.29 is 14.1 Å². The first kappa shape index (κ1) is 17.5. The van der Waals surface area contributed by atoms with Crippen molar-refractivity contribution in [3.05, 3.63) is 71.1 Å². The summed E-state index contributed by atoms with van der Waals surface area (Å²) in [6, 6.07) is 11.9. The number of rotatable bonds is 4. The van der Waals surface area contributed by atoms with Crippen molar-refractivity contribution in [2.75, 3.05) is 19.8 Å². The SMILES string of the molecule is Cc1cc(C(=O)N2CCOC[C@H]2c2ncon2)c(C)n1Cc1ccccc1. The Labute approximate surface area is 157 Å². The number of amides is 1. The molecule has 2 aromatic heterocycles. The molecule has 1 aliphatic heterocycles. The molecule has 0 N–H and O–H groups in total. The van der Waals surface area contributed by atoms with Gasteiger partial charge in [0.2, 0.25) is 6.39 Å². The summed E-state index contributed by atoms with van der Waals surface area (Å²) in [5, 5.41) is 3.90. The van der Waals surface area contributed by atoms with E-state index in [9.17, 15) is 4.79 Å². The van der Waals surface area contributed by atoms with Crippen molar-refractivity contribution in [1.82, 2.24) is 19.6 Å². The summed E-state index contributed by atoms with van der Waals surface area (Å²) in [7, 11) is 0. The lowest BCUT2D eigenvalue weighted by Gasteiger charge is -2.33. The molecule has 3 heterocycles. The maximum Gasteiger partial charge on any atom is 0.256 e. The van der Waals surface area contributed by atoms with Gasteiger partial charge in [0.1, 0.15) is 6.04 Å². The molecular weight excluding hydrogens is 344 g/mol. The summed E-state index contributed by atoms with van der Waals surface area (Å²) in [5.74, 6) is 0.446. The van der Waals surface area contributed by atoms with E-state index in [4.69, 9.17) is 9.26 Å². The van der Waals surface area contributed by atoms with Crippen LogP contribution in [0.15, 0.2) is 47.3 Å². The van der Waals surface area contributed by atoms with Crippen molar-refractivity contribution in [3.63, 3.8) is 0 Å². The summed E-state index contributed by atoms with van der Waals surface area (Å²) >= 11 is 0. The van der Waals surface area contributed by atoms with Crippen molar-refractivity contribution in [2.45, 2.75) is 26.4 Å². The van der Waals surface area contributed by atoms with Crippen LogP contribution in [0.4, 0.5) is 0 Å². The topological polar surface area (TPSA) is 73.4 Å². The van der Waals surface area contributed by atoms with E-state index in [1.807, 2.05) is 38.1 Å². The fraction of sp³-hybridized carbons (Fsp3) is 0.350. The maximum absolute atomic E-state index is 13.3. The van der Waals surface area contributed by atoms with Crippen molar-refractivity contribution in [2.24, 2.45) is 0 Å². The number of benzene rings is 1. The zero-order valence-electron chi connectivity index (χ0n) is 15.5. The lowest BCUT2D eigenvalue weighted by atomic mass is 10.1. The minimum absolute atomic E-state index is 0.0273. The van der Waals surface area contributed by atoms with Crippen LogP contribution in [0.2, 0.25) is 0 Å². The number of hydrogen-bond acceptors (Lipinski definition) is 5. The molecule has 1 aliphatic rings. The first-order valence-electron chi connectivity index (χ1n) is 9.01. The van der Waals surface area contributed by atoms with Gasteiger partial charge in [0.25, 0.3) is 5.91 Å². The predicted octanol–water partition coefficient (Wildman–Crippen LogP) is 2.75. The van der Waals surface area contributed by atoms with Crippen molar-refractivity contribution >= 4 is 5.91 Å². The average Bonchev–Trinajstić information content (AvgIpc) is 3.33. The van der Waals surface area contributed by atoms with Gasteiger partial charge < -0.3 is 18.7 Å². The third kappa shape index (κ3) is 3.38. The van der Waals surface area contributed by atoms with Crippen LogP contribution in [-0.4, -0.2) is 45.3 Å². The molecule has 1 amide bonds. The fourth-order valence-electron chi connectivity index (χ4n) is 3.57. The minimum atomic E-state index is -0.331. The molecule has 4 rings (SSSR count). The molecule has 1 saturated heterocycles. The fourth-order valence-corrected chi connectivity index (χ4v) is 3.57. The van der Waals surface area contributed by atoms with Gasteiger partial charge in [0.05, 0.1) is 18.8 Å². The van der Waals surface area contributed by atoms with Crippen LogP contribution in [0, 0.1) is 13.8 Å². The van der Waals surface area contributed by atoms with E-state index < -0.39 is 0 Å². The van der Waals surface area contributed by atoms with E-state index >= 15 is 0 Å². The molecule has 7 nitrogen and oxygen atoms in total. The molecule has 0 spiro atoms. The second-order valence-electron chi connectivity index (χ2n) is 6.74. The van der Waals surface area contributed by atoms with E-state index in [1.165, 1.54) is 12.0 Å². The Hall–Kier alpha value is -2.93. The van der Waals surface area contributed by atoms with E-state index in [0.717, 1.165) is 17.9 Å². The summed E-state index contributed by atoms with van der Waals surface area (Å²) in [4.78, 5) is 19.2. The van der Waals surface area contributed by atoms with Gasteiger partial charge in [-0.1, -0.05) is 35.5 Å². The quantitative estimate of drug-likeness (QED) is 0.710. The monoisotopic (exact) mass is 366 g/mol. The molecule has 1 aromatic carbocycles. The Morgan fingerprint density at radius 3 is 2.81 bits per heavy atom. The van der Waals surface area contributed by atoms with Crippen LogP contribution in [-0.2, 0) is 11.3 Å². The highest BCUT2D eigenvalue weighted by atomic mass is 16.5. The first-order valence-corrected chi connectivity index (χ1v) is 9.01. The molecule has 0 radical (unpaired) electrons. The van der Waals surface area contributed by atoms with Gasteiger partial charge in [-0.3, -0.25) is 4.79 Å². The van der Waals surface area contributed by atoms with Gasteiger partial charge in [-0.05, 0) is 25.5 Å². The van der Waals surface area contributed by atoms with Crippen LogP contribution in [0.25, 0.3) is 0 Å². The number of aryl methyl sites for hydroxylation is 1. The van der Waals surface area contributed by atoms with Crippen LogP contribution in [0.1, 0.15) is 39.2 Å². The Morgan fingerprint density at radius 2 is 2.07 bits per heavy atom. The lowest BCUT2D eigenvalue weighted by Crippen LogP contribution is -2.44. The smallest absolute Gasteiger partial charge is 0.256 e. The van der Waals surface area contributed by atoms with Gasteiger partial charge in [-0.15, -0.1) is 0 Å². The Morgan fingerprint density at radius 1 is 1.26 bits per heavy atom. The minimum Gasteiger partial charge on any atom is -0.377 e. The zero-order valence-corrected chi connectivity index (χ0v) is 15.5. The van der Waals surface area contributed by atoms with Crippen molar-refractivity contribution in [1.29, 1.82) is 0 Å². The van der Waals surface area contributed by atoms with E-state index in [-0.39, 0.29) is 11.9 Å². The van der Waals surface area contributed by atoms with Crippen molar-refractivity contribution in [3.8, 4) is 0 Å². The van der Waals surface area contributed by atoms with Gasteiger partial charge in [-0.25, -0.2) is 0 Å². The third-order valence-electron chi connectivity index (χ3n) is 5.05. The number of carbonyl (C=O) groups excluding carboxylic acids is 1. The first-order chi connectivity index (χ1) is 13.1. The van der Waals surface area contributed by atoms with Crippen LogP contribution >= 0.6 is 0 Å². The molecule has 3 aromatic rings. The molecule has 140 valence electrons. The van der Waals surface area contributed by atoms with E-state index in [2.05, 4.69) is 26.8 Å². The number of morpholine rings is 1. The summed E-state index contributed by atoms with van der Waals surface area (Å²) in [5.41, 5.74) is 3.93. The van der Waals surface area contributed by atoms with E-state index in [0.29, 0.717) is 31.1 Å². The second kappa shape index (κ2) is 7.36. The molecule has 0 saturated carbocycles. The Bertz CT molecular complexity index is 918. The highest BCUT2D eigenvalue weighted by molar-refractivity contribution is 5.96. The third-order valence-corrected chi connectivity index (χ3v) is 5.05. The molecule has 7 heteroatoms. The van der Waals surface area contributed by atoms with Crippen LogP contribution < -0.4 is 0 Å². The van der Waals surface area contributed by atoms with Crippen LogP contribution in [0.5, 0.6) is 0 Å². The molecule has 0 unspecified atom stereocenters. The van der Waals surface area contributed by atoms with Gasteiger partial charge in [-0.2, -0.15) is 4.98 Å². The molecule has 1 atom stereocenters. The number of nitrogens with zero attached hydrogens (tertiary/aromatic N) is 4. The summed E-state index contributed by atoms with van der Waals surface area (Å²) in [6.45, 7) is 6.14. The standard InChI is InChI=1S/C20H22N4O3/c1-14-10-17(15(2)24(14)11-16-6-4-3-5-7-16)20(25)23-8-9-26-12-18(23)19-21-13-27-22-19/h3-7,10,13,18H,8-9,11-12H2,1-2H3/t18-/m0/s1. The highest BCUT2D eigenvalue weighted by Gasteiger charge is 2.33. The Kier molecular flexibility index (Phi) is 4.77. The maximum atomic E-state index is 13.3. The largest absolute Gasteiger partial charge is 0.377 e. The Balaban J connectivity index is 1.62. The van der Waals surface area contributed by atoms with E-state index in [1.54, 1.807) is 4.90 Å². The summed E-state index contributed by atoms with van der Waals surface area (Å²) in [6.07, 6.45) is 1.28. The molecule has 0 aliphatic carbocycles. The number of hydrogen-bond donors (Lipinski definition) is 0. The lowest BCUT2D eigenvalue weighted by molar-refractivity contribution is -0.00581. The second-order valence-corrected chi connectivity index (χ2v) is 6.74.